The molecule has 2 aliphatic rings. The Kier molecular flexibility index (Phi) is 6.46. The molecule has 36 heavy (non-hydrogen) atoms. The molecule has 3 aromatic rings. The highest BCUT2D eigenvalue weighted by molar-refractivity contribution is 7.11. The fourth-order valence-corrected chi connectivity index (χ4v) is 5.64. The fraction of sp³-hybridized carbons (Fsp3) is 0.458. The number of ether oxygens (including phenoxy) is 1. The summed E-state index contributed by atoms with van der Waals surface area (Å²) in [5.74, 6) is 0.580. The van der Waals surface area contributed by atoms with Gasteiger partial charge in [-0.15, -0.1) is 21.5 Å². The standard InChI is InChI=1S/C24H25Cl2N5O4S/c1-23(2,3)35-22(33)31-11-24(12-31)10-30(21(32)18-8-27-13-36-18)9-15(24)20-29-28-19(34-20)7-14-4-5-16(25)17(26)6-14/h4-6,8,13,15H,7,9-12H2,1-3H3. The third-order valence-electron chi connectivity index (χ3n) is 6.36. The van der Waals surface area contributed by atoms with Gasteiger partial charge >= 0.3 is 6.09 Å². The summed E-state index contributed by atoms with van der Waals surface area (Å²) in [5.41, 5.74) is 1.54. The van der Waals surface area contributed by atoms with Gasteiger partial charge in [0.25, 0.3) is 5.91 Å². The van der Waals surface area contributed by atoms with E-state index in [-0.39, 0.29) is 17.9 Å². The molecule has 9 nitrogen and oxygen atoms in total. The van der Waals surface area contributed by atoms with Crippen LogP contribution < -0.4 is 0 Å². The summed E-state index contributed by atoms with van der Waals surface area (Å²) in [6.45, 7) is 7.25. The Bertz CT molecular complexity index is 1280. The Morgan fingerprint density at radius 3 is 2.58 bits per heavy atom. The Morgan fingerprint density at radius 1 is 1.17 bits per heavy atom. The molecule has 0 radical (unpaired) electrons. The molecule has 2 amide bonds. The lowest BCUT2D eigenvalue weighted by Gasteiger charge is -2.49. The number of rotatable bonds is 4. The van der Waals surface area contributed by atoms with Crippen molar-refractivity contribution in [1.82, 2.24) is 25.0 Å². The van der Waals surface area contributed by atoms with Crippen molar-refractivity contribution >= 4 is 46.5 Å². The second-order valence-electron chi connectivity index (χ2n) is 10.3. The van der Waals surface area contributed by atoms with Crippen LogP contribution in [0.2, 0.25) is 10.0 Å². The summed E-state index contributed by atoms with van der Waals surface area (Å²) < 4.78 is 11.6. The number of nitrogens with zero attached hydrogens (tertiary/aromatic N) is 5. The predicted octanol–water partition coefficient (Wildman–Crippen LogP) is 4.90. The van der Waals surface area contributed by atoms with E-state index in [1.807, 2.05) is 26.8 Å². The summed E-state index contributed by atoms with van der Waals surface area (Å²) >= 11 is 13.5. The minimum atomic E-state index is -0.588. The average Bonchev–Trinajstić information content (AvgIpc) is 3.53. The minimum Gasteiger partial charge on any atom is -0.444 e. The summed E-state index contributed by atoms with van der Waals surface area (Å²) in [6.07, 6.45) is 1.60. The fourth-order valence-electron chi connectivity index (χ4n) is 4.73. The molecular formula is C24H25Cl2N5O4S. The van der Waals surface area contributed by atoms with Gasteiger partial charge in [0, 0.05) is 31.6 Å². The van der Waals surface area contributed by atoms with Gasteiger partial charge in [0.1, 0.15) is 10.5 Å². The number of carbonyl (C=O) groups excluding carboxylic acids is 2. The lowest BCUT2D eigenvalue weighted by atomic mass is 9.71. The number of halogens is 2. The van der Waals surface area contributed by atoms with E-state index >= 15 is 0 Å². The van der Waals surface area contributed by atoms with E-state index in [4.69, 9.17) is 32.4 Å². The molecule has 2 aliphatic heterocycles. The van der Waals surface area contributed by atoms with Crippen molar-refractivity contribution in [1.29, 1.82) is 0 Å². The van der Waals surface area contributed by atoms with Crippen LogP contribution in [0, 0.1) is 5.41 Å². The summed E-state index contributed by atoms with van der Waals surface area (Å²) in [4.78, 5) is 33.8. The van der Waals surface area contributed by atoms with Crippen LogP contribution >= 0.6 is 34.5 Å². The van der Waals surface area contributed by atoms with Crippen LogP contribution in [0.1, 0.15) is 53.7 Å². The van der Waals surface area contributed by atoms with Crippen molar-refractivity contribution < 1.29 is 18.7 Å². The van der Waals surface area contributed by atoms with Crippen molar-refractivity contribution in [3.8, 4) is 0 Å². The predicted molar refractivity (Wildman–Crippen MR) is 135 cm³/mol. The first-order chi connectivity index (χ1) is 17.0. The number of thiazole rings is 1. The SMILES string of the molecule is CC(C)(C)OC(=O)N1CC2(C1)CN(C(=O)c1cncs1)CC2c1nnc(Cc2ccc(Cl)c(Cl)c2)o1. The topological polar surface area (TPSA) is 102 Å². The number of hydrogen-bond acceptors (Lipinski definition) is 8. The van der Waals surface area contributed by atoms with Crippen LogP contribution in [0.3, 0.4) is 0 Å². The van der Waals surface area contributed by atoms with Gasteiger partial charge < -0.3 is 19.0 Å². The zero-order valence-corrected chi connectivity index (χ0v) is 22.4. The summed E-state index contributed by atoms with van der Waals surface area (Å²) in [7, 11) is 0. The zero-order chi connectivity index (χ0) is 25.7. The van der Waals surface area contributed by atoms with E-state index in [2.05, 4.69) is 15.2 Å². The van der Waals surface area contributed by atoms with Gasteiger partial charge in [-0.25, -0.2) is 4.79 Å². The number of hydrogen-bond donors (Lipinski definition) is 0. The molecular weight excluding hydrogens is 525 g/mol. The average molecular weight is 550 g/mol. The van der Waals surface area contributed by atoms with Gasteiger partial charge in [-0.1, -0.05) is 29.3 Å². The molecule has 12 heteroatoms. The number of aromatic nitrogens is 3. The number of carbonyl (C=O) groups is 2. The van der Waals surface area contributed by atoms with Gasteiger partial charge in [0.2, 0.25) is 11.8 Å². The molecule has 2 saturated heterocycles. The lowest BCUT2D eigenvalue weighted by Crippen LogP contribution is -2.62. The van der Waals surface area contributed by atoms with Gasteiger partial charge in [0.15, 0.2) is 0 Å². The molecule has 0 N–H and O–H groups in total. The molecule has 190 valence electrons. The molecule has 0 bridgehead atoms. The molecule has 1 unspecified atom stereocenters. The van der Waals surface area contributed by atoms with Crippen LogP contribution in [0.25, 0.3) is 0 Å². The second kappa shape index (κ2) is 9.32. The normalized spacial score (nSPS) is 19.0. The van der Waals surface area contributed by atoms with Gasteiger partial charge in [-0.05, 0) is 38.5 Å². The van der Waals surface area contributed by atoms with E-state index in [1.165, 1.54) is 11.3 Å². The van der Waals surface area contributed by atoms with Crippen LogP contribution in [0.15, 0.2) is 34.3 Å². The van der Waals surface area contributed by atoms with Crippen molar-refractivity contribution in [2.75, 3.05) is 26.2 Å². The largest absolute Gasteiger partial charge is 0.444 e. The molecule has 2 aromatic heterocycles. The smallest absolute Gasteiger partial charge is 0.410 e. The molecule has 0 saturated carbocycles. The zero-order valence-electron chi connectivity index (χ0n) is 20.0. The summed E-state index contributed by atoms with van der Waals surface area (Å²) in [5, 5.41) is 9.52. The van der Waals surface area contributed by atoms with E-state index in [0.717, 1.165) is 5.56 Å². The van der Waals surface area contributed by atoms with Gasteiger partial charge in [-0.3, -0.25) is 9.78 Å². The first kappa shape index (κ1) is 25.0. The highest BCUT2D eigenvalue weighted by atomic mass is 35.5. The first-order valence-electron chi connectivity index (χ1n) is 11.4. The molecule has 0 aliphatic carbocycles. The maximum Gasteiger partial charge on any atom is 0.410 e. The van der Waals surface area contributed by atoms with E-state index in [9.17, 15) is 9.59 Å². The number of amides is 2. The third-order valence-corrected chi connectivity index (χ3v) is 7.86. The second-order valence-corrected chi connectivity index (χ2v) is 12.0. The molecule has 1 aromatic carbocycles. The molecule has 1 spiro atoms. The van der Waals surface area contributed by atoms with Crippen molar-refractivity contribution in [2.24, 2.45) is 5.41 Å². The van der Waals surface area contributed by atoms with E-state index in [0.29, 0.717) is 59.3 Å². The van der Waals surface area contributed by atoms with E-state index in [1.54, 1.807) is 33.6 Å². The maximum atomic E-state index is 13.1. The van der Waals surface area contributed by atoms with Crippen LogP contribution in [0.4, 0.5) is 4.79 Å². The highest BCUT2D eigenvalue weighted by Gasteiger charge is 2.59. The first-order valence-corrected chi connectivity index (χ1v) is 13.1. The number of likely N-dealkylation sites (tertiary alicyclic amines) is 2. The lowest BCUT2D eigenvalue weighted by molar-refractivity contribution is -0.0374. The molecule has 4 heterocycles. The molecule has 2 fully saturated rings. The van der Waals surface area contributed by atoms with Gasteiger partial charge in [0.05, 0.1) is 34.1 Å². The molecule has 5 rings (SSSR count). The highest BCUT2D eigenvalue weighted by Crippen LogP contribution is 2.49. The van der Waals surface area contributed by atoms with E-state index < -0.39 is 11.0 Å². The minimum absolute atomic E-state index is 0.0920. The van der Waals surface area contributed by atoms with Crippen molar-refractivity contribution in [2.45, 2.75) is 38.7 Å². The maximum absolute atomic E-state index is 13.1. The Labute approximate surface area is 222 Å². The monoisotopic (exact) mass is 549 g/mol. The Hall–Kier alpha value is -2.69. The quantitative estimate of drug-likeness (QED) is 0.456. The van der Waals surface area contributed by atoms with Gasteiger partial charge in [-0.2, -0.15) is 0 Å². The van der Waals surface area contributed by atoms with Crippen LogP contribution in [-0.2, 0) is 11.2 Å². The van der Waals surface area contributed by atoms with Crippen molar-refractivity contribution in [3.05, 3.63) is 62.2 Å². The summed E-state index contributed by atoms with van der Waals surface area (Å²) in [6, 6.07) is 5.35. The Morgan fingerprint density at radius 2 is 1.92 bits per heavy atom. The number of benzene rings is 1. The third kappa shape index (κ3) is 4.94. The Balaban J connectivity index is 1.36. The van der Waals surface area contributed by atoms with Crippen LogP contribution in [-0.4, -0.2) is 68.8 Å². The molecule has 1 atom stereocenters. The van der Waals surface area contributed by atoms with Crippen LogP contribution in [0.5, 0.6) is 0 Å². The van der Waals surface area contributed by atoms with Crippen molar-refractivity contribution in [3.63, 3.8) is 0 Å².